The molecule has 2 heterocycles. The molecule has 2 rings (SSSR count). The Morgan fingerprint density at radius 3 is 2.95 bits per heavy atom. The maximum Gasteiger partial charge on any atom is 0.252 e. The summed E-state index contributed by atoms with van der Waals surface area (Å²) in [7, 11) is 0. The zero-order chi connectivity index (χ0) is 14.8. The first kappa shape index (κ1) is 15.0. The Labute approximate surface area is 124 Å². The van der Waals surface area contributed by atoms with Crippen molar-refractivity contribution in [2.45, 2.75) is 39.5 Å². The number of aromatic nitrogens is 2. The van der Waals surface area contributed by atoms with E-state index in [4.69, 9.17) is 17.3 Å². The number of nitrogens with two attached hydrogens (primary N) is 1. The van der Waals surface area contributed by atoms with Gasteiger partial charge in [0.25, 0.3) is 5.91 Å². The van der Waals surface area contributed by atoms with Crippen LogP contribution in [0.25, 0.3) is 0 Å². The van der Waals surface area contributed by atoms with Gasteiger partial charge in [-0.15, -0.1) is 10.2 Å². The fourth-order valence-corrected chi connectivity index (χ4v) is 3.23. The molecule has 110 valence electrons. The lowest BCUT2D eigenvalue weighted by atomic mass is 9.78. The number of nitrogens with zero attached hydrogens (tertiary/aromatic N) is 3. The molecule has 2 N–H and O–H groups in total. The summed E-state index contributed by atoms with van der Waals surface area (Å²) in [5, 5.41) is 8.14. The van der Waals surface area contributed by atoms with Gasteiger partial charge in [-0.05, 0) is 30.7 Å². The van der Waals surface area contributed by atoms with Crippen molar-refractivity contribution in [3.05, 3.63) is 16.8 Å². The van der Waals surface area contributed by atoms with Gasteiger partial charge in [0.2, 0.25) is 0 Å². The van der Waals surface area contributed by atoms with E-state index >= 15 is 0 Å². The van der Waals surface area contributed by atoms with E-state index in [0.717, 1.165) is 32.4 Å². The van der Waals surface area contributed by atoms with E-state index in [1.807, 2.05) is 0 Å². The van der Waals surface area contributed by atoms with Gasteiger partial charge in [-0.25, -0.2) is 0 Å². The molecule has 1 atom stereocenters. The summed E-state index contributed by atoms with van der Waals surface area (Å²) in [6.45, 7) is 6.23. The largest absolute Gasteiger partial charge is 0.365 e. The van der Waals surface area contributed by atoms with Crippen molar-refractivity contribution in [1.29, 1.82) is 0 Å². The average Bonchev–Trinajstić information content (AvgIpc) is 2.38. The van der Waals surface area contributed by atoms with Crippen molar-refractivity contribution in [2.75, 3.05) is 18.0 Å². The third-order valence-electron chi connectivity index (χ3n) is 3.94. The lowest BCUT2D eigenvalue weighted by Gasteiger charge is -2.41. The quantitative estimate of drug-likeness (QED) is 0.927. The van der Waals surface area contributed by atoms with Crippen LogP contribution in [0.4, 0.5) is 5.82 Å². The summed E-state index contributed by atoms with van der Waals surface area (Å²) in [6.07, 6.45) is 4.60. The number of primary amides is 1. The Kier molecular flexibility index (Phi) is 4.48. The van der Waals surface area contributed by atoms with Gasteiger partial charge in [-0.1, -0.05) is 31.9 Å². The Hall–Kier alpha value is -1.36. The highest BCUT2D eigenvalue weighted by molar-refractivity contribution is 6.29. The molecule has 0 radical (unpaired) electrons. The molecule has 5 nitrogen and oxygen atoms in total. The highest BCUT2D eigenvalue weighted by Gasteiger charge is 2.32. The number of carbonyl (C=O) groups is 1. The third-order valence-corrected chi connectivity index (χ3v) is 4.13. The van der Waals surface area contributed by atoms with Crippen LogP contribution in [0.15, 0.2) is 6.07 Å². The van der Waals surface area contributed by atoms with E-state index in [0.29, 0.717) is 11.4 Å². The predicted octanol–water partition coefficient (Wildman–Crippen LogP) is 2.64. The van der Waals surface area contributed by atoms with E-state index in [9.17, 15) is 4.79 Å². The van der Waals surface area contributed by atoms with E-state index in [1.54, 1.807) is 0 Å². The molecule has 1 aliphatic rings. The van der Waals surface area contributed by atoms with Crippen LogP contribution in [0.5, 0.6) is 0 Å². The second-order valence-electron chi connectivity index (χ2n) is 5.85. The van der Waals surface area contributed by atoms with Crippen molar-refractivity contribution in [3.8, 4) is 0 Å². The smallest absolute Gasteiger partial charge is 0.252 e. The van der Waals surface area contributed by atoms with E-state index < -0.39 is 5.91 Å². The van der Waals surface area contributed by atoms with Crippen LogP contribution < -0.4 is 10.6 Å². The molecular formula is C14H21ClN4O. The second kappa shape index (κ2) is 5.95. The standard InChI is InChI=1S/C14H21ClN4O/c1-3-5-14(2)6-4-7-19(9-14)13-10(12(16)20)8-11(15)17-18-13/h8H,3-7,9H2,1-2H3,(H2,16,20). The van der Waals surface area contributed by atoms with Gasteiger partial charge in [0.15, 0.2) is 11.0 Å². The zero-order valence-corrected chi connectivity index (χ0v) is 12.8. The number of amides is 1. The maximum atomic E-state index is 11.6. The lowest BCUT2D eigenvalue weighted by Crippen LogP contribution is -2.43. The summed E-state index contributed by atoms with van der Waals surface area (Å²) in [5.41, 5.74) is 6.03. The highest BCUT2D eigenvalue weighted by Crippen LogP contribution is 2.36. The summed E-state index contributed by atoms with van der Waals surface area (Å²) in [6, 6.07) is 1.50. The molecule has 0 saturated carbocycles. The Morgan fingerprint density at radius 2 is 2.30 bits per heavy atom. The van der Waals surface area contributed by atoms with E-state index in [1.165, 1.54) is 12.5 Å². The molecule has 20 heavy (non-hydrogen) atoms. The zero-order valence-electron chi connectivity index (χ0n) is 12.0. The Balaban J connectivity index is 2.29. The monoisotopic (exact) mass is 296 g/mol. The summed E-state index contributed by atoms with van der Waals surface area (Å²) >= 11 is 5.81. The minimum absolute atomic E-state index is 0.191. The van der Waals surface area contributed by atoms with Crippen LogP contribution in [0.3, 0.4) is 0 Å². The van der Waals surface area contributed by atoms with Gasteiger partial charge in [0, 0.05) is 13.1 Å². The maximum absolute atomic E-state index is 11.6. The molecule has 1 aliphatic heterocycles. The van der Waals surface area contributed by atoms with Crippen LogP contribution in [0.2, 0.25) is 5.15 Å². The molecule has 1 unspecified atom stereocenters. The van der Waals surface area contributed by atoms with Gasteiger partial charge in [0.05, 0.1) is 5.56 Å². The lowest BCUT2D eigenvalue weighted by molar-refractivity contribution is 0.0999. The summed E-state index contributed by atoms with van der Waals surface area (Å²) in [4.78, 5) is 13.7. The third kappa shape index (κ3) is 3.20. The predicted molar refractivity (Wildman–Crippen MR) is 80.0 cm³/mol. The second-order valence-corrected chi connectivity index (χ2v) is 6.24. The average molecular weight is 297 g/mol. The normalized spacial score (nSPS) is 22.9. The fourth-order valence-electron chi connectivity index (χ4n) is 3.08. The number of anilines is 1. The highest BCUT2D eigenvalue weighted by atomic mass is 35.5. The van der Waals surface area contributed by atoms with Crippen molar-refractivity contribution in [2.24, 2.45) is 11.1 Å². The minimum Gasteiger partial charge on any atom is -0.365 e. The van der Waals surface area contributed by atoms with Gasteiger partial charge in [-0.3, -0.25) is 4.79 Å². The molecule has 0 aliphatic carbocycles. The number of halogens is 1. The number of hydrogen-bond donors (Lipinski definition) is 1. The van der Waals surface area contributed by atoms with E-state index in [2.05, 4.69) is 28.9 Å². The molecule has 1 aromatic rings. The molecule has 1 amide bonds. The van der Waals surface area contributed by atoms with E-state index in [-0.39, 0.29) is 10.6 Å². The molecule has 6 heteroatoms. The van der Waals surface area contributed by atoms with Gasteiger partial charge in [0.1, 0.15) is 0 Å². The van der Waals surface area contributed by atoms with Crippen molar-refractivity contribution in [1.82, 2.24) is 10.2 Å². The van der Waals surface area contributed by atoms with Crippen LogP contribution in [-0.4, -0.2) is 29.2 Å². The fraction of sp³-hybridized carbons (Fsp3) is 0.643. The molecule has 1 fully saturated rings. The van der Waals surface area contributed by atoms with Gasteiger partial charge < -0.3 is 10.6 Å². The molecule has 0 bridgehead atoms. The SMILES string of the molecule is CCCC1(C)CCCN(c2nnc(Cl)cc2C(N)=O)C1. The molecular weight excluding hydrogens is 276 g/mol. The van der Waals surface area contributed by atoms with Crippen molar-refractivity contribution in [3.63, 3.8) is 0 Å². The van der Waals surface area contributed by atoms with Crippen molar-refractivity contribution < 1.29 is 4.79 Å². The number of carbonyl (C=O) groups excluding carboxylic acids is 1. The van der Waals surface area contributed by atoms with Crippen molar-refractivity contribution >= 4 is 23.3 Å². The van der Waals surface area contributed by atoms with Crippen LogP contribution in [0.1, 0.15) is 49.9 Å². The number of rotatable bonds is 4. The molecule has 0 aromatic carbocycles. The number of hydrogen-bond acceptors (Lipinski definition) is 4. The molecule has 1 aromatic heterocycles. The Bertz CT molecular complexity index is 504. The molecule has 1 saturated heterocycles. The van der Waals surface area contributed by atoms with Gasteiger partial charge >= 0.3 is 0 Å². The number of piperidine rings is 1. The van der Waals surface area contributed by atoms with Crippen LogP contribution >= 0.6 is 11.6 Å². The first-order valence-electron chi connectivity index (χ1n) is 7.03. The van der Waals surface area contributed by atoms with Crippen LogP contribution in [-0.2, 0) is 0 Å². The summed E-state index contributed by atoms with van der Waals surface area (Å²) in [5.74, 6) is 0.0449. The van der Waals surface area contributed by atoms with Gasteiger partial charge in [-0.2, -0.15) is 0 Å². The topological polar surface area (TPSA) is 72.1 Å². The van der Waals surface area contributed by atoms with Crippen LogP contribution in [0, 0.1) is 5.41 Å². The minimum atomic E-state index is -0.514. The first-order chi connectivity index (χ1) is 9.45. The Morgan fingerprint density at radius 1 is 1.55 bits per heavy atom. The molecule has 0 spiro atoms. The first-order valence-corrected chi connectivity index (χ1v) is 7.41. The summed E-state index contributed by atoms with van der Waals surface area (Å²) < 4.78 is 0.